The highest BCUT2D eigenvalue weighted by molar-refractivity contribution is 5.75. The van der Waals surface area contributed by atoms with Crippen molar-refractivity contribution < 1.29 is 0 Å². The van der Waals surface area contributed by atoms with Crippen molar-refractivity contribution in [3.63, 3.8) is 0 Å². The van der Waals surface area contributed by atoms with Crippen LogP contribution in [-0.2, 0) is 13.6 Å². The fraction of sp³-hybridized carbons (Fsp3) is 0.222. The van der Waals surface area contributed by atoms with Crippen LogP contribution in [0.25, 0.3) is 11.0 Å². The lowest BCUT2D eigenvalue weighted by Crippen LogP contribution is -2.20. The Bertz CT molecular complexity index is 418. The summed E-state index contributed by atoms with van der Waals surface area (Å²) in [4.78, 5) is 4.26. The second-order valence-electron chi connectivity index (χ2n) is 3.06. The van der Waals surface area contributed by atoms with Gasteiger partial charge in [0.2, 0.25) is 0 Å². The van der Waals surface area contributed by atoms with E-state index in [1.165, 1.54) is 0 Å². The van der Waals surface area contributed by atoms with Crippen molar-refractivity contribution in [3.8, 4) is 0 Å². The minimum absolute atomic E-state index is 0.673. The van der Waals surface area contributed by atoms with E-state index in [1.807, 2.05) is 30.1 Å². The maximum absolute atomic E-state index is 5.23. The summed E-state index contributed by atoms with van der Waals surface area (Å²) in [6, 6.07) is 6.13. The molecule has 0 radical (unpaired) electrons. The number of hydrogen-bond acceptors (Lipinski definition) is 3. The molecule has 0 saturated heterocycles. The summed E-state index contributed by atoms with van der Waals surface area (Å²) >= 11 is 0. The maximum Gasteiger partial charge on any atom is 0.0955 e. The van der Waals surface area contributed by atoms with Gasteiger partial charge in [0, 0.05) is 13.6 Å². The van der Waals surface area contributed by atoms with Crippen LogP contribution in [0.5, 0.6) is 0 Å². The SMILES string of the molecule is Cn1cnc2cc(CNN)ccc21. The predicted molar refractivity (Wildman–Crippen MR) is 51.7 cm³/mol. The summed E-state index contributed by atoms with van der Waals surface area (Å²) in [6.07, 6.45) is 1.81. The molecule has 0 atom stereocenters. The summed E-state index contributed by atoms with van der Waals surface area (Å²) < 4.78 is 2.00. The van der Waals surface area contributed by atoms with E-state index in [0.717, 1.165) is 16.6 Å². The fourth-order valence-electron chi connectivity index (χ4n) is 1.41. The molecule has 2 aromatic rings. The van der Waals surface area contributed by atoms with Crippen LogP contribution in [-0.4, -0.2) is 9.55 Å². The molecule has 1 heterocycles. The lowest BCUT2D eigenvalue weighted by Gasteiger charge is -1.99. The van der Waals surface area contributed by atoms with Gasteiger partial charge in [0.15, 0.2) is 0 Å². The van der Waals surface area contributed by atoms with E-state index in [1.54, 1.807) is 0 Å². The fourth-order valence-corrected chi connectivity index (χ4v) is 1.41. The molecule has 4 nitrogen and oxygen atoms in total. The van der Waals surface area contributed by atoms with Crippen LogP contribution in [0.3, 0.4) is 0 Å². The summed E-state index contributed by atoms with van der Waals surface area (Å²) in [5, 5.41) is 0. The molecule has 13 heavy (non-hydrogen) atoms. The predicted octanol–water partition coefficient (Wildman–Crippen LogP) is 0.537. The molecule has 3 N–H and O–H groups in total. The third kappa shape index (κ3) is 1.41. The third-order valence-electron chi connectivity index (χ3n) is 2.10. The van der Waals surface area contributed by atoms with Gasteiger partial charge in [0.1, 0.15) is 0 Å². The number of imidazole rings is 1. The van der Waals surface area contributed by atoms with Gasteiger partial charge < -0.3 is 4.57 Å². The van der Waals surface area contributed by atoms with Gasteiger partial charge in [0.05, 0.1) is 17.4 Å². The Balaban J connectivity index is 2.50. The number of aromatic nitrogens is 2. The first-order chi connectivity index (χ1) is 6.31. The summed E-state index contributed by atoms with van der Waals surface area (Å²) in [6.45, 7) is 0.673. The van der Waals surface area contributed by atoms with Crippen LogP contribution in [0, 0.1) is 0 Å². The minimum atomic E-state index is 0.673. The smallest absolute Gasteiger partial charge is 0.0955 e. The van der Waals surface area contributed by atoms with Crippen molar-refractivity contribution in [3.05, 3.63) is 30.1 Å². The van der Waals surface area contributed by atoms with Gasteiger partial charge in [-0.25, -0.2) is 4.98 Å². The number of aryl methyl sites for hydroxylation is 1. The van der Waals surface area contributed by atoms with Crippen LogP contribution in [0.4, 0.5) is 0 Å². The first-order valence-corrected chi connectivity index (χ1v) is 4.14. The Hall–Kier alpha value is -1.39. The molecule has 0 aliphatic carbocycles. The molecule has 0 bridgehead atoms. The summed E-state index contributed by atoms with van der Waals surface area (Å²) in [5.74, 6) is 5.23. The van der Waals surface area contributed by atoms with Crippen molar-refractivity contribution in [1.29, 1.82) is 0 Å². The normalized spacial score (nSPS) is 10.9. The lowest BCUT2D eigenvalue weighted by molar-refractivity contribution is 0.742. The Morgan fingerprint density at radius 3 is 3.15 bits per heavy atom. The number of hydrazine groups is 1. The van der Waals surface area contributed by atoms with Gasteiger partial charge in [0.25, 0.3) is 0 Å². The van der Waals surface area contributed by atoms with Crippen LogP contribution in [0.15, 0.2) is 24.5 Å². The number of rotatable bonds is 2. The van der Waals surface area contributed by atoms with E-state index in [2.05, 4.69) is 16.5 Å². The van der Waals surface area contributed by atoms with E-state index >= 15 is 0 Å². The zero-order valence-corrected chi connectivity index (χ0v) is 7.49. The molecular formula is C9H12N4. The lowest BCUT2D eigenvalue weighted by atomic mass is 10.2. The highest BCUT2D eigenvalue weighted by atomic mass is 15.2. The highest BCUT2D eigenvalue weighted by Gasteiger charge is 1.99. The Kier molecular flexibility index (Phi) is 2.00. The largest absolute Gasteiger partial charge is 0.334 e. The first kappa shape index (κ1) is 8.22. The average Bonchev–Trinajstić information content (AvgIpc) is 2.48. The second-order valence-corrected chi connectivity index (χ2v) is 3.06. The third-order valence-corrected chi connectivity index (χ3v) is 2.10. The first-order valence-electron chi connectivity index (χ1n) is 4.14. The average molecular weight is 176 g/mol. The molecule has 0 amide bonds. The van der Waals surface area contributed by atoms with Crippen LogP contribution in [0.1, 0.15) is 5.56 Å². The minimum Gasteiger partial charge on any atom is -0.334 e. The molecule has 0 aliphatic rings. The molecule has 1 aromatic heterocycles. The summed E-state index contributed by atoms with van der Waals surface area (Å²) in [7, 11) is 1.98. The zero-order valence-electron chi connectivity index (χ0n) is 7.49. The number of hydrogen-bond donors (Lipinski definition) is 2. The van der Waals surface area contributed by atoms with Crippen molar-refractivity contribution in [2.45, 2.75) is 6.54 Å². The number of nitrogens with two attached hydrogens (primary N) is 1. The molecule has 0 saturated carbocycles. The van der Waals surface area contributed by atoms with Crippen LogP contribution >= 0.6 is 0 Å². The molecule has 0 unspecified atom stereocenters. The molecule has 68 valence electrons. The van der Waals surface area contributed by atoms with E-state index in [-0.39, 0.29) is 0 Å². The van der Waals surface area contributed by atoms with Crippen molar-refractivity contribution in [2.75, 3.05) is 0 Å². The highest BCUT2D eigenvalue weighted by Crippen LogP contribution is 2.13. The van der Waals surface area contributed by atoms with E-state index in [0.29, 0.717) is 6.54 Å². The van der Waals surface area contributed by atoms with Gasteiger partial charge >= 0.3 is 0 Å². The van der Waals surface area contributed by atoms with Crippen molar-refractivity contribution in [1.82, 2.24) is 15.0 Å². The van der Waals surface area contributed by atoms with E-state index in [9.17, 15) is 0 Å². The van der Waals surface area contributed by atoms with Gasteiger partial charge in [-0.15, -0.1) is 0 Å². The van der Waals surface area contributed by atoms with Gasteiger partial charge in [-0.3, -0.25) is 11.3 Å². The number of nitrogens with one attached hydrogen (secondary N) is 1. The Morgan fingerprint density at radius 1 is 1.54 bits per heavy atom. The quantitative estimate of drug-likeness (QED) is 0.518. The van der Waals surface area contributed by atoms with Gasteiger partial charge in [-0.2, -0.15) is 0 Å². The molecule has 4 heteroatoms. The van der Waals surface area contributed by atoms with Gasteiger partial charge in [-0.1, -0.05) is 6.07 Å². The van der Waals surface area contributed by atoms with E-state index < -0.39 is 0 Å². The molecule has 0 spiro atoms. The molecular weight excluding hydrogens is 164 g/mol. The number of benzene rings is 1. The standard InChI is InChI=1S/C9H12N4/c1-13-6-11-8-4-7(5-12-10)2-3-9(8)13/h2-4,6,12H,5,10H2,1H3. The molecule has 1 aromatic carbocycles. The Morgan fingerprint density at radius 2 is 2.38 bits per heavy atom. The zero-order chi connectivity index (χ0) is 9.26. The molecule has 2 rings (SSSR count). The van der Waals surface area contributed by atoms with Crippen LogP contribution in [0.2, 0.25) is 0 Å². The van der Waals surface area contributed by atoms with Gasteiger partial charge in [-0.05, 0) is 17.7 Å². The number of fused-ring (bicyclic) bond motifs is 1. The van der Waals surface area contributed by atoms with E-state index in [4.69, 9.17) is 5.84 Å². The molecule has 0 aliphatic heterocycles. The monoisotopic (exact) mass is 176 g/mol. The summed E-state index contributed by atoms with van der Waals surface area (Å²) in [5.41, 5.74) is 5.92. The maximum atomic E-state index is 5.23. The number of nitrogens with zero attached hydrogens (tertiary/aromatic N) is 2. The van der Waals surface area contributed by atoms with Crippen LogP contribution < -0.4 is 11.3 Å². The Labute approximate surface area is 76.3 Å². The van der Waals surface area contributed by atoms with Crippen molar-refractivity contribution in [2.24, 2.45) is 12.9 Å². The topological polar surface area (TPSA) is 55.9 Å². The van der Waals surface area contributed by atoms with Crippen molar-refractivity contribution >= 4 is 11.0 Å². The second kappa shape index (κ2) is 3.16. The molecule has 0 fully saturated rings.